The third-order valence-corrected chi connectivity index (χ3v) is 7.73. The Hall–Kier alpha value is -9.04. The lowest BCUT2D eigenvalue weighted by Crippen LogP contribution is -2.06. The predicted octanol–water partition coefficient (Wildman–Crippen LogP) is 4.94. The maximum absolute atomic E-state index is 10.6. The smallest absolute Gasteiger partial charge is 0.339 e. The second-order valence-electron chi connectivity index (χ2n) is 11.1. The monoisotopic (exact) mass is 887 g/mol. The number of rotatable bonds is 10. The highest BCUT2D eigenvalue weighted by molar-refractivity contribution is 7.85. The molecule has 0 amide bonds. The molecule has 0 aromatic heterocycles. The van der Waals surface area contributed by atoms with E-state index in [1.54, 1.807) is 24.3 Å². The molecule has 0 atom stereocenters. The van der Waals surface area contributed by atoms with Gasteiger partial charge in [0.1, 0.15) is 22.6 Å². The zero-order chi connectivity index (χ0) is 47.5. The highest BCUT2D eigenvalue weighted by Crippen LogP contribution is 2.39. The van der Waals surface area contributed by atoms with E-state index in [0.29, 0.717) is 18.2 Å². The van der Waals surface area contributed by atoms with Gasteiger partial charge in [-0.3, -0.25) is 39.7 Å². The van der Waals surface area contributed by atoms with Crippen LogP contribution in [0, 0.1) is 30.3 Å². The lowest BCUT2D eigenvalue weighted by atomic mass is 10.1. The summed E-state index contributed by atoms with van der Waals surface area (Å²) < 4.78 is 29.8. The van der Waals surface area contributed by atoms with Gasteiger partial charge in [0, 0.05) is 0 Å². The molecule has 5 aromatic rings. The lowest BCUT2D eigenvalue weighted by Gasteiger charge is -2.01. The van der Waals surface area contributed by atoms with Crippen LogP contribution in [-0.2, 0) is 21.3 Å². The Morgan fingerprint density at radius 2 is 0.887 bits per heavy atom. The minimum absolute atomic E-state index is 0.0671. The molecular formula is C36H29N3O22S. The molecule has 0 radical (unpaired) electrons. The second kappa shape index (κ2) is 23.4. The van der Waals surface area contributed by atoms with E-state index in [-0.39, 0.29) is 28.9 Å². The van der Waals surface area contributed by atoms with Crippen molar-refractivity contribution < 1.29 is 92.6 Å². The standard InChI is InChI=1S/C8H6O4.C8H8O2.C7H6O6S.C7H6O3.C6H3N3O7/c9-7(10)5-3-1-2-4-6(5)8(11)12;9-8(10)6-7-4-2-1-3-5-7;8-6-2-1-4(14(11,12)13)3-5(6)7(9)10;8-6-4-2-1-3-5(6)7(9)10;10-6-4(8(13)14)1-3(7(11)12)2-5(6)9(15)16/h1-4H,(H,9,10)(H,11,12);1-5H,6H2,(H,9,10);1-3,8H,(H,9,10)(H,11,12,13);1-4,8H,(H,9,10);1-2,10H. The zero-order valence-corrected chi connectivity index (χ0v) is 31.5. The van der Waals surface area contributed by atoms with Crippen LogP contribution in [0.4, 0.5) is 17.1 Å². The molecule has 9 N–H and O–H groups in total. The number of nitro groups is 3. The number of phenolic OH excluding ortho intramolecular Hbond substituents is 1. The van der Waals surface area contributed by atoms with Crippen molar-refractivity contribution in [1.82, 2.24) is 0 Å². The Morgan fingerprint density at radius 1 is 0.500 bits per heavy atom. The van der Waals surface area contributed by atoms with Gasteiger partial charge in [-0.2, -0.15) is 8.42 Å². The van der Waals surface area contributed by atoms with E-state index >= 15 is 0 Å². The molecule has 0 unspecified atom stereocenters. The highest BCUT2D eigenvalue weighted by Gasteiger charge is 2.30. The molecule has 5 aromatic carbocycles. The number of nitrogens with zero attached hydrogens (tertiary/aromatic N) is 3. The molecule has 0 bridgehead atoms. The van der Waals surface area contributed by atoms with E-state index in [9.17, 15) is 62.7 Å². The van der Waals surface area contributed by atoms with Crippen LogP contribution in [0.2, 0.25) is 0 Å². The molecule has 326 valence electrons. The van der Waals surface area contributed by atoms with Crippen molar-refractivity contribution in [1.29, 1.82) is 0 Å². The van der Waals surface area contributed by atoms with Gasteiger partial charge in [-0.05, 0) is 48.0 Å². The molecular weight excluding hydrogens is 858 g/mol. The Kier molecular flexibility index (Phi) is 19.2. The summed E-state index contributed by atoms with van der Waals surface area (Å²) >= 11 is 0. The van der Waals surface area contributed by atoms with E-state index in [2.05, 4.69) is 0 Å². The number of phenols is 3. The molecule has 0 spiro atoms. The average molecular weight is 888 g/mol. The quantitative estimate of drug-likeness (QED) is 0.0509. The minimum atomic E-state index is -4.45. The first-order valence-corrected chi connectivity index (χ1v) is 17.4. The Bertz CT molecular complexity index is 2530. The third-order valence-electron chi connectivity index (χ3n) is 6.88. The van der Waals surface area contributed by atoms with E-state index in [1.165, 1.54) is 36.4 Å². The van der Waals surface area contributed by atoms with Gasteiger partial charge in [-0.25, -0.2) is 19.2 Å². The van der Waals surface area contributed by atoms with Crippen LogP contribution in [0.25, 0.3) is 0 Å². The number of aromatic carboxylic acids is 4. The maximum atomic E-state index is 10.6. The number of hydrogen-bond donors (Lipinski definition) is 9. The van der Waals surface area contributed by atoms with E-state index in [4.69, 9.17) is 45.4 Å². The molecule has 0 aliphatic heterocycles. The number of nitro benzene ring substituents is 3. The predicted molar refractivity (Wildman–Crippen MR) is 206 cm³/mol. The summed E-state index contributed by atoms with van der Waals surface area (Å²) in [6.07, 6.45) is 0.112. The van der Waals surface area contributed by atoms with Gasteiger partial charge in [0.25, 0.3) is 21.6 Å². The number of aliphatic carboxylic acids is 1. The fourth-order valence-electron chi connectivity index (χ4n) is 4.10. The molecule has 62 heavy (non-hydrogen) atoms. The van der Waals surface area contributed by atoms with E-state index in [0.717, 1.165) is 17.7 Å². The summed E-state index contributed by atoms with van der Waals surface area (Å²) in [5, 5.41) is 101. The van der Waals surface area contributed by atoms with Crippen molar-refractivity contribution in [3.05, 3.63) is 167 Å². The number of carboxylic acid groups (broad SMARTS) is 5. The molecule has 5 rings (SSSR count). The first-order chi connectivity index (χ1) is 28.8. The summed E-state index contributed by atoms with van der Waals surface area (Å²) in [7, 11) is -4.45. The van der Waals surface area contributed by atoms with Crippen molar-refractivity contribution in [2.45, 2.75) is 11.3 Å². The zero-order valence-electron chi connectivity index (χ0n) is 30.7. The third kappa shape index (κ3) is 16.4. The number of benzene rings is 5. The number of aromatic hydroxyl groups is 3. The van der Waals surface area contributed by atoms with Crippen molar-refractivity contribution in [2.24, 2.45) is 0 Å². The number of carboxylic acids is 5. The van der Waals surface area contributed by atoms with Crippen molar-refractivity contribution in [3.8, 4) is 17.2 Å². The largest absolute Gasteiger partial charge is 0.507 e. The lowest BCUT2D eigenvalue weighted by molar-refractivity contribution is -0.404. The molecule has 26 heteroatoms. The van der Waals surface area contributed by atoms with Gasteiger partial charge >= 0.3 is 41.2 Å². The van der Waals surface area contributed by atoms with Crippen LogP contribution in [0.3, 0.4) is 0 Å². The highest BCUT2D eigenvalue weighted by atomic mass is 32.2. The Labute approximate surface area is 345 Å². The first-order valence-electron chi connectivity index (χ1n) is 16.0. The summed E-state index contributed by atoms with van der Waals surface area (Å²) in [5.74, 6) is -7.81. The molecule has 25 nitrogen and oxygen atoms in total. The molecule has 0 aliphatic rings. The number of carbonyl (C=O) groups is 5. The topological polar surface area (TPSA) is 431 Å². The van der Waals surface area contributed by atoms with Crippen molar-refractivity contribution in [3.63, 3.8) is 0 Å². The molecule has 0 heterocycles. The van der Waals surface area contributed by atoms with Crippen LogP contribution in [-0.4, -0.2) is 98.4 Å². The Balaban J connectivity index is 0.000000392. The SMILES string of the molecule is O=C(O)Cc1ccccc1.O=C(O)c1cc(S(=O)(=O)O)ccc1O.O=C(O)c1ccccc1C(=O)O.O=C(O)c1ccccc1O.O=[N+]([O-])c1cc([N+](=O)[O-])c(O)c([N+](=O)[O-])c1. The summed E-state index contributed by atoms with van der Waals surface area (Å²) in [5.41, 5.74) is -3.19. The van der Waals surface area contributed by atoms with Gasteiger partial charge in [-0.15, -0.1) is 0 Å². The van der Waals surface area contributed by atoms with Crippen molar-refractivity contribution in [2.75, 3.05) is 0 Å². The fraction of sp³-hybridized carbons (Fsp3) is 0.0278. The van der Waals surface area contributed by atoms with Gasteiger partial charge in [-0.1, -0.05) is 54.6 Å². The first kappa shape index (κ1) is 51.0. The molecule has 0 saturated carbocycles. The van der Waals surface area contributed by atoms with Crippen LogP contribution < -0.4 is 0 Å². The van der Waals surface area contributed by atoms with Crippen LogP contribution in [0.15, 0.2) is 114 Å². The maximum Gasteiger partial charge on any atom is 0.339 e. The van der Waals surface area contributed by atoms with Crippen molar-refractivity contribution >= 4 is 57.0 Å². The average Bonchev–Trinajstić information content (AvgIpc) is 3.18. The summed E-state index contributed by atoms with van der Waals surface area (Å²) in [4.78, 5) is 79.0. The number of hydrogen-bond acceptors (Lipinski definition) is 16. The number of para-hydroxylation sites is 1. The van der Waals surface area contributed by atoms with Crippen LogP contribution >= 0.6 is 0 Å². The molecule has 0 fully saturated rings. The van der Waals surface area contributed by atoms with Gasteiger partial charge in [0.15, 0.2) is 0 Å². The van der Waals surface area contributed by atoms with E-state index in [1.807, 2.05) is 18.2 Å². The second-order valence-corrected chi connectivity index (χ2v) is 12.5. The van der Waals surface area contributed by atoms with Gasteiger partial charge < -0.3 is 40.9 Å². The Morgan fingerprint density at radius 3 is 1.23 bits per heavy atom. The summed E-state index contributed by atoms with van der Waals surface area (Å²) in [6, 6.07) is 23.8. The van der Waals surface area contributed by atoms with Gasteiger partial charge in [0.2, 0.25) is 0 Å². The normalized spacial score (nSPS) is 9.82. The summed E-state index contributed by atoms with van der Waals surface area (Å²) in [6.45, 7) is 0. The molecule has 0 saturated heterocycles. The van der Waals surface area contributed by atoms with E-state index < -0.39 is 93.8 Å². The molecule has 0 aliphatic carbocycles. The fourth-order valence-corrected chi connectivity index (χ4v) is 4.61. The van der Waals surface area contributed by atoms with Crippen LogP contribution in [0.1, 0.15) is 47.0 Å². The minimum Gasteiger partial charge on any atom is -0.507 e. The number of non-ortho nitro benzene ring substituents is 1. The van der Waals surface area contributed by atoms with Crippen LogP contribution in [0.5, 0.6) is 17.2 Å². The van der Waals surface area contributed by atoms with Gasteiger partial charge in [0.05, 0.1) is 49.3 Å².